The molecule has 0 N–H and O–H groups in total. The number of aromatic nitrogens is 1. The number of nitrogens with zero attached hydrogens (tertiary/aromatic N) is 2. The van der Waals surface area contributed by atoms with E-state index in [9.17, 15) is 0 Å². The van der Waals surface area contributed by atoms with Crippen molar-refractivity contribution in [3.05, 3.63) is 30.1 Å². The Morgan fingerprint density at radius 2 is 2.23 bits per heavy atom. The fourth-order valence-corrected chi connectivity index (χ4v) is 3.93. The van der Waals surface area contributed by atoms with E-state index in [-0.39, 0.29) is 5.60 Å². The summed E-state index contributed by atoms with van der Waals surface area (Å²) < 4.78 is 11.8. The number of ether oxygens (including phenoxy) is 2. The van der Waals surface area contributed by atoms with Gasteiger partial charge in [0.1, 0.15) is 0 Å². The van der Waals surface area contributed by atoms with Gasteiger partial charge in [0.25, 0.3) is 0 Å². The van der Waals surface area contributed by atoms with Gasteiger partial charge in [-0.1, -0.05) is 6.07 Å². The van der Waals surface area contributed by atoms with E-state index < -0.39 is 0 Å². The molecule has 122 valence electrons. The number of piperidine rings is 1. The summed E-state index contributed by atoms with van der Waals surface area (Å²) in [7, 11) is 0. The van der Waals surface area contributed by atoms with Crippen molar-refractivity contribution < 1.29 is 9.47 Å². The van der Waals surface area contributed by atoms with Crippen molar-refractivity contribution in [3.8, 4) is 0 Å². The highest BCUT2D eigenvalue weighted by Gasteiger charge is 2.45. The van der Waals surface area contributed by atoms with E-state index in [0.29, 0.717) is 5.92 Å². The zero-order chi connectivity index (χ0) is 15.3. The fourth-order valence-electron chi connectivity index (χ4n) is 3.93. The second-order valence-corrected chi connectivity index (χ2v) is 6.48. The zero-order valence-corrected chi connectivity index (χ0v) is 13.7. The van der Waals surface area contributed by atoms with E-state index in [0.717, 1.165) is 58.7 Å². The Morgan fingerprint density at radius 3 is 2.95 bits per heavy atom. The van der Waals surface area contributed by atoms with Gasteiger partial charge in [0.05, 0.1) is 11.3 Å². The fraction of sp³-hybridized carbons (Fsp3) is 0.722. The predicted octanol–water partition coefficient (Wildman–Crippen LogP) is 2.88. The molecule has 2 saturated heterocycles. The molecule has 1 aromatic rings. The largest absolute Gasteiger partial charge is 0.382 e. The van der Waals surface area contributed by atoms with Crippen molar-refractivity contribution in [1.29, 1.82) is 0 Å². The van der Waals surface area contributed by atoms with E-state index in [1.807, 2.05) is 12.3 Å². The van der Waals surface area contributed by atoms with Gasteiger partial charge in [-0.25, -0.2) is 0 Å². The van der Waals surface area contributed by atoms with Gasteiger partial charge in [0, 0.05) is 45.7 Å². The molecule has 4 heteroatoms. The van der Waals surface area contributed by atoms with Gasteiger partial charge in [-0.05, 0) is 50.7 Å². The van der Waals surface area contributed by atoms with Crippen molar-refractivity contribution in [1.82, 2.24) is 9.88 Å². The van der Waals surface area contributed by atoms with Crippen molar-refractivity contribution in [2.45, 2.75) is 44.8 Å². The van der Waals surface area contributed by atoms with Crippen LogP contribution in [0.25, 0.3) is 0 Å². The van der Waals surface area contributed by atoms with Gasteiger partial charge in [-0.15, -0.1) is 0 Å². The molecule has 0 aliphatic carbocycles. The highest BCUT2D eigenvalue weighted by molar-refractivity contribution is 5.04. The molecule has 0 bridgehead atoms. The van der Waals surface area contributed by atoms with Crippen LogP contribution in [0.4, 0.5) is 0 Å². The Labute approximate surface area is 133 Å². The molecule has 3 rings (SSSR count). The first-order chi connectivity index (χ1) is 10.8. The van der Waals surface area contributed by atoms with E-state index >= 15 is 0 Å². The maximum absolute atomic E-state index is 6.23. The standard InChI is InChI=1S/C18H28N2O2/c1-2-21-13-6-16-7-14-22-18(16)8-11-20(12-9-18)15-17-5-3-4-10-19-17/h3-5,10,16H,2,6-9,11-15H2,1H3. The third-order valence-electron chi connectivity index (χ3n) is 5.23. The Kier molecular flexibility index (Phi) is 5.45. The molecule has 3 heterocycles. The highest BCUT2D eigenvalue weighted by atomic mass is 16.5. The van der Waals surface area contributed by atoms with Gasteiger partial charge in [-0.2, -0.15) is 0 Å². The van der Waals surface area contributed by atoms with Crippen LogP contribution in [0.3, 0.4) is 0 Å². The molecule has 4 nitrogen and oxygen atoms in total. The Morgan fingerprint density at radius 1 is 1.36 bits per heavy atom. The molecule has 1 aromatic heterocycles. The second-order valence-electron chi connectivity index (χ2n) is 6.48. The maximum Gasteiger partial charge on any atom is 0.0736 e. The second kappa shape index (κ2) is 7.53. The van der Waals surface area contributed by atoms with Crippen LogP contribution in [-0.4, -0.2) is 48.4 Å². The van der Waals surface area contributed by atoms with Crippen LogP contribution in [0.1, 0.15) is 38.3 Å². The zero-order valence-electron chi connectivity index (χ0n) is 13.7. The lowest BCUT2D eigenvalue weighted by molar-refractivity contribution is -0.0729. The van der Waals surface area contributed by atoms with Crippen LogP contribution >= 0.6 is 0 Å². The molecule has 0 aromatic carbocycles. The minimum absolute atomic E-state index is 0.123. The summed E-state index contributed by atoms with van der Waals surface area (Å²) in [6, 6.07) is 6.16. The summed E-state index contributed by atoms with van der Waals surface area (Å²) in [5, 5.41) is 0. The SMILES string of the molecule is CCOCCC1CCOC12CCN(Cc1ccccn1)CC2. The highest BCUT2D eigenvalue weighted by Crippen LogP contribution is 2.42. The molecule has 0 radical (unpaired) electrons. The number of likely N-dealkylation sites (tertiary alicyclic amines) is 1. The minimum atomic E-state index is 0.123. The summed E-state index contributed by atoms with van der Waals surface area (Å²) in [5.74, 6) is 0.677. The number of pyridine rings is 1. The predicted molar refractivity (Wildman–Crippen MR) is 86.6 cm³/mol. The molecule has 22 heavy (non-hydrogen) atoms. The van der Waals surface area contributed by atoms with E-state index in [2.05, 4.69) is 28.9 Å². The van der Waals surface area contributed by atoms with E-state index in [1.54, 1.807) is 0 Å². The summed E-state index contributed by atoms with van der Waals surface area (Å²) in [5.41, 5.74) is 1.29. The van der Waals surface area contributed by atoms with Crippen molar-refractivity contribution in [2.24, 2.45) is 5.92 Å². The molecule has 0 saturated carbocycles. The lowest BCUT2D eigenvalue weighted by Crippen LogP contribution is -2.47. The monoisotopic (exact) mass is 304 g/mol. The molecule has 1 spiro atoms. The van der Waals surface area contributed by atoms with Crippen LogP contribution in [0, 0.1) is 5.92 Å². The molecule has 0 amide bonds. The quantitative estimate of drug-likeness (QED) is 0.757. The first-order valence-corrected chi connectivity index (χ1v) is 8.66. The summed E-state index contributed by atoms with van der Waals surface area (Å²) in [6.45, 7) is 7.88. The van der Waals surface area contributed by atoms with Gasteiger partial charge in [0.15, 0.2) is 0 Å². The van der Waals surface area contributed by atoms with Gasteiger partial charge < -0.3 is 9.47 Å². The van der Waals surface area contributed by atoms with Crippen LogP contribution in [0.15, 0.2) is 24.4 Å². The molecule has 1 atom stereocenters. The first-order valence-electron chi connectivity index (χ1n) is 8.66. The minimum Gasteiger partial charge on any atom is -0.382 e. The normalized spacial score (nSPS) is 24.9. The van der Waals surface area contributed by atoms with Crippen LogP contribution < -0.4 is 0 Å². The Bertz CT molecular complexity index is 444. The van der Waals surface area contributed by atoms with Gasteiger partial charge in [0.2, 0.25) is 0 Å². The molecular formula is C18H28N2O2. The van der Waals surface area contributed by atoms with E-state index in [1.165, 1.54) is 12.1 Å². The summed E-state index contributed by atoms with van der Waals surface area (Å²) in [6.07, 6.45) is 6.53. The smallest absolute Gasteiger partial charge is 0.0736 e. The Balaban J connectivity index is 1.51. The number of hydrogen-bond donors (Lipinski definition) is 0. The maximum atomic E-state index is 6.23. The lowest BCUT2D eigenvalue weighted by atomic mass is 9.78. The van der Waals surface area contributed by atoms with Gasteiger partial charge >= 0.3 is 0 Å². The summed E-state index contributed by atoms with van der Waals surface area (Å²) >= 11 is 0. The molecule has 1 unspecified atom stereocenters. The van der Waals surface area contributed by atoms with Gasteiger partial charge in [-0.3, -0.25) is 9.88 Å². The average Bonchev–Trinajstić information content (AvgIpc) is 2.94. The van der Waals surface area contributed by atoms with Crippen molar-refractivity contribution in [2.75, 3.05) is 32.9 Å². The van der Waals surface area contributed by atoms with Crippen LogP contribution in [-0.2, 0) is 16.0 Å². The number of hydrogen-bond acceptors (Lipinski definition) is 4. The molecule has 2 aliphatic heterocycles. The van der Waals surface area contributed by atoms with Crippen molar-refractivity contribution >= 4 is 0 Å². The van der Waals surface area contributed by atoms with Crippen LogP contribution in [0.2, 0.25) is 0 Å². The van der Waals surface area contributed by atoms with E-state index in [4.69, 9.17) is 9.47 Å². The number of rotatable bonds is 6. The third-order valence-corrected chi connectivity index (χ3v) is 5.23. The molecular weight excluding hydrogens is 276 g/mol. The Hall–Kier alpha value is -0.970. The lowest BCUT2D eigenvalue weighted by Gasteiger charge is -2.42. The third kappa shape index (κ3) is 3.67. The van der Waals surface area contributed by atoms with Crippen LogP contribution in [0.5, 0.6) is 0 Å². The molecule has 2 aliphatic rings. The molecule has 2 fully saturated rings. The topological polar surface area (TPSA) is 34.6 Å². The van der Waals surface area contributed by atoms with Crippen molar-refractivity contribution in [3.63, 3.8) is 0 Å². The first kappa shape index (κ1) is 15.9. The average molecular weight is 304 g/mol. The summed E-state index contributed by atoms with van der Waals surface area (Å²) in [4.78, 5) is 6.95.